The second kappa shape index (κ2) is 8.65. The van der Waals surface area contributed by atoms with Crippen LogP contribution >= 0.6 is 0 Å². The normalized spacial score (nSPS) is 11.0. The molecule has 142 valence electrons. The van der Waals surface area contributed by atoms with E-state index in [1.807, 2.05) is 36.5 Å². The van der Waals surface area contributed by atoms with Gasteiger partial charge in [-0.05, 0) is 30.7 Å². The molecule has 0 amide bonds. The predicted molar refractivity (Wildman–Crippen MR) is 109 cm³/mol. The van der Waals surface area contributed by atoms with E-state index in [2.05, 4.69) is 58.0 Å². The molecule has 4 rings (SSSR count). The molecule has 0 saturated carbocycles. The minimum absolute atomic E-state index is 0.717. The number of imidazole rings is 1. The molecule has 0 spiro atoms. The van der Waals surface area contributed by atoms with Crippen molar-refractivity contribution >= 4 is 10.9 Å². The third-order valence-corrected chi connectivity index (χ3v) is 4.66. The van der Waals surface area contributed by atoms with E-state index in [1.165, 1.54) is 0 Å². The molecule has 0 aliphatic heterocycles. The first-order valence-corrected chi connectivity index (χ1v) is 9.78. The van der Waals surface area contributed by atoms with Crippen LogP contribution in [0.1, 0.15) is 31.2 Å². The maximum Gasteiger partial charge on any atom is 0.244 e. The van der Waals surface area contributed by atoms with Gasteiger partial charge in [0.05, 0.1) is 18.0 Å². The van der Waals surface area contributed by atoms with Gasteiger partial charge in [-0.25, -0.2) is 14.1 Å². The Kier molecular flexibility index (Phi) is 5.61. The third-order valence-electron chi connectivity index (χ3n) is 4.66. The van der Waals surface area contributed by atoms with E-state index in [9.17, 15) is 0 Å². The molecule has 4 aromatic rings. The molecule has 0 N–H and O–H groups in total. The lowest BCUT2D eigenvalue weighted by Crippen LogP contribution is -2.32. The van der Waals surface area contributed by atoms with Crippen LogP contribution in [0.5, 0.6) is 5.75 Å². The van der Waals surface area contributed by atoms with E-state index >= 15 is 0 Å². The quantitative estimate of drug-likeness (QED) is 0.346. The lowest BCUT2D eigenvalue weighted by Gasteiger charge is -2.09. The smallest absolute Gasteiger partial charge is 0.244 e. The van der Waals surface area contributed by atoms with Gasteiger partial charge in [-0.2, -0.15) is 0 Å². The van der Waals surface area contributed by atoms with E-state index in [0.717, 1.165) is 54.0 Å². The number of aromatic nitrogens is 4. The molecule has 0 aliphatic carbocycles. The Morgan fingerprint density at radius 2 is 2.00 bits per heavy atom. The number of para-hydroxylation sites is 1. The van der Waals surface area contributed by atoms with E-state index in [1.54, 1.807) is 0 Å². The fraction of sp³-hybridized carbons (Fsp3) is 0.261. The van der Waals surface area contributed by atoms with Crippen molar-refractivity contribution in [2.45, 2.75) is 32.9 Å². The van der Waals surface area contributed by atoms with Crippen LogP contribution in [0.4, 0.5) is 0 Å². The van der Waals surface area contributed by atoms with Crippen molar-refractivity contribution in [1.82, 2.24) is 14.5 Å². The van der Waals surface area contributed by atoms with E-state index in [0.29, 0.717) is 6.54 Å². The average molecular weight is 373 g/mol. The van der Waals surface area contributed by atoms with Gasteiger partial charge in [0.25, 0.3) is 0 Å². The minimum atomic E-state index is 0.717. The van der Waals surface area contributed by atoms with Crippen LogP contribution in [0, 0.1) is 0 Å². The van der Waals surface area contributed by atoms with Crippen LogP contribution in [0.3, 0.4) is 0 Å². The molecule has 28 heavy (non-hydrogen) atoms. The summed E-state index contributed by atoms with van der Waals surface area (Å²) in [6.45, 7) is 4.37. The fourth-order valence-corrected chi connectivity index (χ4v) is 3.18. The van der Waals surface area contributed by atoms with Crippen LogP contribution in [0.2, 0.25) is 0 Å². The highest BCUT2D eigenvalue weighted by molar-refractivity contribution is 5.84. The van der Waals surface area contributed by atoms with Crippen molar-refractivity contribution in [3.8, 4) is 5.75 Å². The summed E-state index contributed by atoms with van der Waals surface area (Å²) in [5.41, 5.74) is 2.99. The Balaban J connectivity index is 1.51. The summed E-state index contributed by atoms with van der Waals surface area (Å²) in [7, 11) is 0. The molecule has 0 fully saturated rings. The fourth-order valence-electron chi connectivity index (χ4n) is 3.18. The molecule has 3 aromatic heterocycles. The molecule has 1 aromatic carbocycles. The zero-order valence-electron chi connectivity index (χ0n) is 16.2. The van der Waals surface area contributed by atoms with Gasteiger partial charge in [-0.15, -0.1) is 0 Å². The Morgan fingerprint density at radius 1 is 1.04 bits per heavy atom. The lowest BCUT2D eigenvalue weighted by atomic mass is 10.2. The second-order valence-corrected chi connectivity index (χ2v) is 6.91. The standard InChI is InChI=1S/C23H25N4O/c1-2-3-15-28-22-9-6-7-19-10-11-21(25-23(19)22)17-27-14-13-26(18-27)16-20-8-4-5-12-24-20/h4-14,18H,2-3,15-17H2,1H3/q+1. The number of pyridine rings is 2. The van der Waals surface area contributed by atoms with Crippen LogP contribution in [-0.2, 0) is 13.1 Å². The van der Waals surface area contributed by atoms with Gasteiger partial charge < -0.3 is 4.74 Å². The summed E-state index contributed by atoms with van der Waals surface area (Å²) in [5, 5.41) is 1.11. The first-order chi connectivity index (χ1) is 13.8. The van der Waals surface area contributed by atoms with Crippen LogP contribution in [0.15, 0.2) is 73.4 Å². The molecule has 0 unspecified atom stereocenters. The molecule has 5 heteroatoms. The zero-order valence-corrected chi connectivity index (χ0v) is 16.2. The van der Waals surface area contributed by atoms with E-state index < -0.39 is 0 Å². The highest BCUT2D eigenvalue weighted by atomic mass is 16.5. The van der Waals surface area contributed by atoms with E-state index in [-0.39, 0.29) is 0 Å². The van der Waals surface area contributed by atoms with Crippen molar-refractivity contribution in [3.63, 3.8) is 0 Å². The number of fused-ring (bicyclic) bond motifs is 1. The molecule has 0 atom stereocenters. The van der Waals surface area contributed by atoms with Crippen molar-refractivity contribution < 1.29 is 9.30 Å². The molecule has 3 heterocycles. The van der Waals surface area contributed by atoms with Crippen molar-refractivity contribution in [1.29, 1.82) is 0 Å². The van der Waals surface area contributed by atoms with Gasteiger partial charge in [0.1, 0.15) is 36.7 Å². The molecular formula is C23H25N4O+. The van der Waals surface area contributed by atoms with Gasteiger partial charge in [-0.1, -0.05) is 37.6 Å². The number of hydrogen-bond donors (Lipinski definition) is 0. The highest BCUT2D eigenvalue weighted by Crippen LogP contribution is 2.24. The predicted octanol–water partition coefficient (Wildman–Crippen LogP) is 3.99. The summed E-state index contributed by atoms with van der Waals surface area (Å²) in [6.07, 6.45) is 10.2. The summed E-state index contributed by atoms with van der Waals surface area (Å²) >= 11 is 0. The first-order valence-electron chi connectivity index (χ1n) is 9.78. The van der Waals surface area contributed by atoms with Gasteiger partial charge in [0.2, 0.25) is 6.33 Å². The number of benzene rings is 1. The second-order valence-electron chi connectivity index (χ2n) is 6.91. The van der Waals surface area contributed by atoms with E-state index in [4.69, 9.17) is 9.72 Å². The van der Waals surface area contributed by atoms with Crippen molar-refractivity contribution in [3.05, 3.63) is 84.8 Å². The molecule has 0 bridgehead atoms. The number of ether oxygens (including phenoxy) is 1. The van der Waals surface area contributed by atoms with Gasteiger partial charge in [-0.3, -0.25) is 4.98 Å². The maximum absolute atomic E-state index is 5.96. The number of rotatable bonds is 8. The Hall–Kier alpha value is -3.21. The monoisotopic (exact) mass is 373 g/mol. The Labute approximate surface area is 165 Å². The van der Waals surface area contributed by atoms with Crippen molar-refractivity contribution in [2.75, 3.05) is 6.61 Å². The van der Waals surface area contributed by atoms with Crippen molar-refractivity contribution in [2.24, 2.45) is 0 Å². The maximum atomic E-state index is 5.96. The number of unbranched alkanes of at least 4 members (excludes halogenated alkanes) is 1. The van der Waals surface area contributed by atoms with Crippen LogP contribution in [-0.4, -0.2) is 21.1 Å². The summed E-state index contributed by atoms with van der Waals surface area (Å²) in [4.78, 5) is 9.26. The summed E-state index contributed by atoms with van der Waals surface area (Å²) in [6, 6.07) is 16.3. The minimum Gasteiger partial charge on any atom is -0.491 e. The molecule has 5 nitrogen and oxygen atoms in total. The third kappa shape index (κ3) is 4.36. The van der Waals surface area contributed by atoms with Gasteiger partial charge in [0, 0.05) is 11.6 Å². The zero-order chi connectivity index (χ0) is 19.2. The first kappa shape index (κ1) is 18.2. The highest BCUT2D eigenvalue weighted by Gasteiger charge is 2.09. The molecular weight excluding hydrogens is 348 g/mol. The lowest BCUT2D eigenvalue weighted by molar-refractivity contribution is -0.688. The summed E-state index contributed by atoms with van der Waals surface area (Å²) in [5.74, 6) is 0.866. The van der Waals surface area contributed by atoms with Crippen LogP contribution < -0.4 is 9.30 Å². The topological polar surface area (TPSA) is 43.8 Å². The van der Waals surface area contributed by atoms with Gasteiger partial charge >= 0.3 is 0 Å². The van der Waals surface area contributed by atoms with Gasteiger partial charge in [0.15, 0.2) is 0 Å². The average Bonchev–Trinajstić information content (AvgIpc) is 3.16. The number of nitrogens with zero attached hydrogens (tertiary/aromatic N) is 4. The molecule has 0 aliphatic rings. The van der Waals surface area contributed by atoms with Crippen LogP contribution in [0.25, 0.3) is 10.9 Å². The Bertz CT molecular complexity index is 1040. The summed E-state index contributed by atoms with van der Waals surface area (Å²) < 4.78 is 10.2. The number of hydrogen-bond acceptors (Lipinski definition) is 3. The largest absolute Gasteiger partial charge is 0.491 e. The molecule has 0 saturated heterocycles. The SMILES string of the molecule is CCCCOc1cccc2ccc(C[n+]3ccn(Cc4ccccn4)c3)nc12. The Morgan fingerprint density at radius 3 is 2.86 bits per heavy atom. The molecule has 0 radical (unpaired) electrons.